The zero-order chi connectivity index (χ0) is 13.8. The lowest BCUT2D eigenvalue weighted by Gasteiger charge is -2.53. The molecular formula is C17H29N3. The Bertz CT molecular complexity index is 392. The van der Waals surface area contributed by atoms with Gasteiger partial charge in [-0.3, -0.25) is 4.90 Å². The van der Waals surface area contributed by atoms with E-state index in [0.717, 1.165) is 5.92 Å². The minimum Gasteiger partial charge on any atom is -0.347 e. The number of rotatable bonds is 7. The fourth-order valence-electron chi connectivity index (χ4n) is 4.34. The van der Waals surface area contributed by atoms with E-state index >= 15 is 0 Å². The Morgan fingerprint density at radius 2 is 2.05 bits per heavy atom. The summed E-state index contributed by atoms with van der Waals surface area (Å²) in [6, 6.07) is 0. The molecule has 1 aromatic rings. The summed E-state index contributed by atoms with van der Waals surface area (Å²) in [5.41, 5.74) is 0.233. The van der Waals surface area contributed by atoms with E-state index in [-0.39, 0.29) is 5.54 Å². The topological polar surface area (TPSA) is 31.9 Å². The van der Waals surface area contributed by atoms with Gasteiger partial charge in [-0.1, -0.05) is 39.0 Å². The van der Waals surface area contributed by atoms with Gasteiger partial charge in [0, 0.05) is 12.4 Å². The smallest absolute Gasteiger partial charge is 0.126 e. The highest BCUT2D eigenvalue weighted by atomic mass is 15.2. The van der Waals surface area contributed by atoms with E-state index in [0.29, 0.717) is 0 Å². The van der Waals surface area contributed by atoms with E-state index in [9.17, 15) is 0 Å². The van der Waals surface area contributed by atoms with Crippen molar-refractivity contribution >= 4 is 0 Å². The Hall–Kier alpha value is -0.830. The Balaban J connectivity index is 1.68. The Morgan fingerprint density at radius 3 is 2.65 bits per heavy atom. The van der Waals surface area contributed by atoms with Crippen LogP contribution in [0.5, 0.6) is 0 Å². The molecule has 1 unspecified atom stereocenters. The molecule has 3 heteroatoms. The highest BCUT2D eigenvalue weighted by Gasteiger charge is 2.47. The van der Waals surface area contributed by atoms with Crippen molar-refractivity contribution in [3.63, 3.8) is 0 Å². The summed E-state index contributed by atoms with van der Waals surface area (Å²) < 4.78 is 0. The SMILES string of the molecule is CCCCCCCC1(c2ncc[nH]2)CC2CCN1CC2. The minimum atomic E-state index is 0.233. The third-order valence-corrected chi connectivity index (χ3v) is 5.48. The normalized spacial score (nSPS) is 32.6. The molecule has 1 atom stereocenters. The molecule has 0 aliphatic carbocycles. The van der Waals surface area contributed by atoms with Crippen LogP contribution in [-0.4, -0.2) is 28.0 Å². The van der Waals surface area contributed by atoms with Crippen LogP contribution >= 0.6 is 0 Å². The highest BCUT2D eigenvalue weighted by molar-refractivity contribution is 5.12. The fourth-order valence-corrected chi connectivity index (χ4v) is 4.34. The number of hydrogen-bond acceptors (Lipinski definition) is 2. The van der Waals surface area contributed by atoms with Crippen molar-refractivity contribution < 1.29 is 0 Å². The second-order valence-corrected chi connectivity index (χ2v) is 6.77. The van der Waals surface area contributed by atoms with Crippen LogP contribution in [0.15, 0.2) is 12.4 Å². The number of piperidine rings is 3. The molecule has 2 bridgehead atoms. The van der Waals surface area contributed by atoms with Gasteiger partial charge < -0.3 is 4.98 Å². The van der Waals surface area contributed by atoms with Crippen molar-refractivity contribution in [1.82, 2.24) is 14.9 Å². The van der Waals surface area contributed by atoms with Crippen LogP contribution in [0, 0.1) is 5.92 Å². The van der Waals surface area contributed by atoms with Crippen LogP contribution in [0.4, 0.5) is 0 Å². The summed E-state index contributed by atoms with van der Waals surface area (Å²) in [4.78, 5) is 10.8. The number of aromatic nitrogens is 2. The average molecular weight is 275 g/mol. The van der Waals surface area contributed by atoms with E-state index in [1.807, 2.05) is 12.4 Å². The molecule has 3 aliphatic heterocycles. The van der Waals surface area contributed by atoms with Crippen molar-refractivity contribution in [2.75, 3.05) is 13.1 Å². The number of nitrogens with zero attached hydrogens (tertiary/aromatic N) is 2. The summed E-state index contributed by atoms with van der Waals surface area (Å²) in [7, 11) is 0. The molecule has 3 aliphatic rings. The zero-order valence-electron chi connectivity index (χ0n) is 12.9. The molecule has 0 amide bonds. The van der Waals surface area contributed by atoms with Crippen LogP contribution in [0.2, 0.25) is 0 Å². The average Bonchev–Trinajstić information content (AvgIpc) is 3.03. The van der Waals surface area contributed by atoms with Gasteiger partial charge in [0.1, 0.15) is 5.82 Å². The van der Waals surface area contributed by atoms with E-state index < -0.39 is 0 Å². The quantitative estimate of drug-likeness (QED) is 0.760. The van der Waals surface area contributed by atoms with E-state index in [2.05, 4.69) is 21.8 Å². The van der Waals surface area contributed by atoms with Crippen LogP contribution in [0.1, 0.15) is 70.5 Å². The maximum atomic E-state index is 4.65. The van der Waals surface area contributed by atoms with Crippen molar-refractivity contribution in [3.8, 4) is 0 Å². The maximum absolute atomic E-state index is 4.65. The fraction of sp³-hybridized carbons (Fsp3) is 0.824. The summed E-state index contributed by atoms with van der Waals surface area (Å²) in [5, 5.41) is 0. The predicted molar refractivity (Wildman–Crippen MR) is 82.6 cm³/mol. The molecule has 4 rings (SSSR count). The summed E-state index contributed by atoms with van der Waals surface area (Å²) in [6.07, 6.45) is 16.2. The third kappa shape index (κ3) is 2.65. The maximum Gasteiger partial charge on any atom is 0.126 e. The van der Waals surface area contributed by atoms with Crippen LogP contribution in [0.25, 0.3) is 0 Å². The van der Waals surface area contributed by atoms with Gasteiger partial charge in [0.05, 0.1) is 5.54 Å². The number of imidazole rings is 1. The second-order valence-electron chi connectivity index (χ2n) is 6.77. The highest BCUT2D eigenvalue weighted by Crippen LogP contribution is 2.47. The van der Waals surface area contributed by atoms with Crippen LogP contribution in [0.3, 0.4) is 0 Å². The first-order valence-electron chi connectivity index (χ1n) is 8.60. The number of hydrogen-bond donors (Lipinski definition) is 1. The molecule has 3 saturated heterocycles. The number of nitrogens with one attached hydrogen (secondary N) is 1. The predicted octanol–water partition coefficient (Wildman–Crippen LogP) is 4.08. The molecular weight excluding hydrogens is 246 g/mol. The Labute approximate surface area is 123 Å². The monoisotopic (exact) mass is 275 g/mol. The molecule has 1 N–H and O–H groups in total. The first kappa shape index (κ1) is 14.1. The first-order chi connectivity index (χ1) is 9.85. The number of fused-ring (bicyclic) bond motifs is 3. The largest absolute Gasteiger partial charge is 0.347 e. The second kappa shape index (κ2) is 6.30. The molecule has 0 radical (unpaired) electrons. The molecule has 3 nitrogen and oxygen atoms in total. The van der Waals surface area contributed by atoms with E-state index in [4.69, 9.17) is 0 Å². The van der Waals surface area contributed by atoms with Gasteiger partial charge in [0.2, 0.25) is 0 Å². The Morgan fingerprint density at radius 1 is 1.25 bits per heavy atom. The Kier molecular flexibility index (Phi) is 4.45. The lowest BCUT2D eigenvalue weighted by atomic mass is 9.71. The molecule has 1 aromatic heterocycles. The van der Waals surface area contributed by atoms with Crippen LogP contribution < -0.4 is 0 Å². The molecule has 3 fully saturated rings. The molecule has 4 heterocycles. The molecule has 112 valence electrons. The molecule has 0 aromatic carbocycles. The van der Waals surface area contributed by atoms with Crippen molar-refractivity contribution in [2.24, 2.45) is 5.92 Å². The van der Waals surface area contributed by atoms with Gasteiger partial charge >= 0.3 is 0 Å². The van der Waals surface area contributed by atoms with Gasteiger partial charge in [-0.25, -0.2) is 4.98 Å². The summed E-state index contributed by atoms with van der Waals surface area (Å²) in [5.74, 6) is 2.16. The number of unbranched alkanes of at least 4 members (excludes halogenated alkanes) is 4. The van der Waals surface area contributed by atoms with Crippen molar-refractivity contribution in [3.05, 3.63) is 18.2 Å². The van der Waals surface area contributed by atoms with Gasteiger partial charge in [-0.2, -0.15) is 0 Å². The van der Waals surface area contributed by atoms with Crippen molar-refractivity contribution in [1.29, 1.82) is 0 Å². The zero-order valence-corrected chi connectivity index (χ0v) is 12.9. The van der Waals surface area contributed by atoms with E-state index in [1.54, 1.807) is 0 Å². The number of aromatic amines is 1. The summed E-state index contributed by atoms with van der Waals surface area (Å²) in [6.45, 7) is 4.84. The molecule has 0 spiro atoms. The van der Waals surface area contributed by atoms with Gasteiger partial charge in [-0.15, -0.1) is 0 Å². The number of H-pyrrole nitrogens is 1. The third-order valence-electron chi connectivity index (χ3n) is 5.48. The molecule has 0 saturated carbocycles. The van der Waals surface area contributed by atoms with Gasteiger partial charge in [0.25, 0.3) is 0 Å². The lowest BCUT2D eigenvalue weighted by Crippen LogP contribution is -2.56. The van der Waals surface area contributed by atoms with Crippen molar-refractivity contribution in [2.45, 2.75) is 70.3 Å². The first-order valence-corrected chi connectivity index (χ1v) is 8.60. The van der Waals surface area contributed by atoms with Gasteiger partial charge in [0.15, 0.2) is 0 Å². The standard InChI is InChI=1S/C17H29N3/c1-2-3-4-5-6-9-17(16-18-10-11-19-16)14-15-7-12-20(17)13-8-15/h10-11,15H,2-9,12-14H2,1H3,(H,18,19). The van der Waals surface area contributed by atoms with Gasteiger partial charge in [-0.05, 0) is 44.7 Å². The lowest BCUT2D eigenvalue weighted by molar-refractivity contribution is -0.0455. The van der Waals surface area contributed by atoms with E-state index in [1.165, 1.54) is 76.7 Å². The minimum absolute atomic E-state index is 0.233. The van der Waals surface area contributed by atoms with Crippen LogP contribution in [-0.2, 0) is 5.54 Å². The summed E-state index contributed by atoms with van der Waals surface area (Å²) >= 11 is 0. The molecule has 20 heavy (non-hydrogen) atoms.